The van der Waals surface area contributed by atoms with E-state index in [2.05, 4.69) is 22.0 Å². The molecule has 3 heterocycles. The molecule has 116 valence electrons. The minimum absolute atomic E-state index is 0.0753. The summed E-state index contributed by atoms with van der Waals surface area (Å²) < 4.78 is 27.4. The lowest BCUT2D eigenvalue weighted by molar-refractivity contribution is -0.00416. The lowest BCUT2D eigenvalue weighted by atomic mass is 9.93. The first kappa shape index (κ1) is 14.9. The summed E-state index contributed by atoms with van der Waals surface area (Å²) in [6.07, 6.45) is 0.996. The van der Waals surface area contributed by atoms with Gasteiger partial charge < -0.3 is 5.32 Å². The summed E-state index contributed by atoms with van der Waals surface area (Å²) in [5.41, 5.74) is 0.587. The molecule has 4 rings (SSSR count). The van der Waals surface area contributed by atoms with Gasteiger partial charge in [-0.2, -0.15) is 0 Å². The lowest BCUT2D eigenvalue weighted by Crippen LogP contribution is -2.64. The number of piperazine rings is 3. The van der Waals surface area contributed by atoms with Crippen LogP contribution in [-0.2, 0) is 0 Å². The number of rotatable bonds is 5. The molecule has 1 aromatic rings. The molecule has 3 aliphatic heterocycles. The molecule has 3 saturated heterocycles. The van der Waals surface area contributed by atoms with Gasteiger partial charge in [-0.1, -0.05) is 13.0 Å². The zero-order chi connectivity index (χ0) is 14.8. The van der Waals surface area contributed by atoms with Gasteiger partial charge in [-0.3, -0.25) is 9.80 Å². The molecular formula is C16H23F2N3. The fourth-order valence-electron chi connectivity index (χ4n) is 3.48. The van der Waals surface area contributed by atoms with Crippen LogP contribution in [0.1, 0.15) is 24.9 Å². The number of hydrogen-bond acceptors (Lipinski definition) is 3. The van der Waals surface area contributed by atoms with Crippen LogP contribution in [0.15, 0.2) is 18.2 Å². The highest BCUT2D eigenvalue weighted by Gasteiger charge is 2.38. The van der Waals surface area contributed by atoms with E-state index < -0.39 is 11.6 Å². The van der Waals surface area contributed by atoms with Crippen LogP contribution in [0.25, 0.3) is 0 Å². The fraction of sp³-hybridized carbons (Fsp3) is 0.625. The quantitative estimate of drug-likeness (QED) is 0.896. The first-order valence-electron chi connectivity index (χ1n) is 7.83. The van der Waals surface area contributed by atoms with E-state index in [0.29, 0.717) is 5.56 Å². The molecule has 21 heavy (non-hydrogen) atoms. The molecule has 0 aliphatic carbocycles. The molecule has 1 N–H and O–H groups in total. The van der Waals surface area contributed by atoms with Crippen LogP contribution in [0.3, 0.4) is 0 Å². The molecule has 3 aliphatic rings. The van der Waals surface area contributed by atoms with Gasteiger partial charge in [0.25, 0.3) is 0 Å². The van der Waals surface area contributed by atoms with Gasteiger partial charge in [0.1, 0.15) is 11.6 Å². The van der Waals surface area contributed by atoms with Crippen molar-refractivity contribution in [3.63, 3.8) is 0 Å². The summed E-state index contributed by atoms with van der Waals surface area (Å²) in [6.45, 7) is 8.17. The molecule has 0 radical (unpaired) electrons. The van der Waals surface area contributed by atoms with Crippen molar-refractivity contribution < 1.29 is 8.78 Å². The van der Waals surface area contributed by atoms with Crippen LogP contribution in [0.2, 0.25) is 0 Å². The summed E-state index contributed by atoms with van der Waals surface area (Å²) in [4.78, 5) is 4.88. The zero-order valence-corrected chi connectivity index (χ0v) is 12.5. The lowest BCUT2D eigenvalue weighted by Gasteiger charge is -2.50. The van der Waals surface area contributed by atoms with Gasteiger partial charge in [-0.05, 0) is 19.0 Å². The summed E-state index contributed by atoms with van der Waals surface area (Å²) >= 11 is 0. The van der Waals surface area contributed by atoms with Gasteiger partial charge in [0.05, 0.1) is 6.04 Å². The predicted octanol–water partition coefficient (Wildman–Crippen LogP) is 2.01. The molecular weight excluding hydrogens is 272 g/mol. The van der Waals surface area contributed by atoms with Crippen LogP contribution in [0, 0.1) is 11.6 Å². The maximum Gasteiger partial charge on any atom is 0.130 e. The fourth-order valence-corrected chi connectivity index (χ4v) is 3.48. The van der Waals surface area contributed by atoms with E-state index in [4.69, 9.17) is 0 Å². The maximum atomic E-state index is 14.2. The van der Waals surface area contributed by atoms with E-state index in [1.165, 1.54) is 6.07 Å². The van der Waals surface area contributed by atoms with E-state index >= 15 is 0 Å². The monoisotopic (exact) mass is 295 g/mol. The topological polar surface area (TPSA) is 18.5 Å². The Morgan fingerprint density at radius 3 is 2.57 bits per heavy atom. The van der Waals surface area contributed by atoms with Crippen molar-refractivity contribution in [1.29, 1.82) is 0 Å². The van der Waals surface area contributed by atoms with Crippen molar-refractivity contribution >= 4 is 0 Å². The second kappa shape index (κ2) is 6.38. The Labute approximate surface area is 124 Å². The van der Waals surface area contributed by atoms with Crippen molar-refractivity contribution in [3.05, 3.63) is 35.4 Å². The third-order valence-corrected chi connectivity index (χ3v) is 4.62. The highest BCUT2D eigenvalue weighted by molar-refractivity contribution is 5.24. The molecule has 3 fully saturated rings. The minimum Gasteiger partial charge on any atom is -0.309 e. The highest BCUT2D eigenvalue weighted by atomic mass is 19.1. The van der Waals surface area contributed by atoms with E-state index in [9.17, 15) is 8.78 Å². The molecule has 0 aromatic heterocycles. The van der Waals surface area contributed by atoms with Crippen LogP contribution in [0.4, 0.5) is 8.78 Å². The van der Waals surface area contributed by atoms with E-state index in [-0.39, 0.29) is 12.1 Å². The number of fused-ring (bicyclic) bond motifs is 3. The largest absolute Gasteiger partial charge is 0.309 e. The van der Waals surface area contributed by atoms with Crippen LogP contribution < -0.4 is 5.32 Å². The Morgan fingerprint density at radius 2 is 2.00 bits per heavy atom. The predicted molar refractivity (Wildman–Crippen MR) is 79.2 cm³/mol. The van der Waals surface area contributed by atoms with Crippen molar-refractivity contribution in [3.8, 4) is 0 Å². The first-order valence-corrected chi connectivity index (χ1v) is 7.83. The first-order chi connectivity index (χ1) is 10.2. The average molecular weight is 295 g/mol. The molecule has 0 amide bonds. The standard InChI is InChI=1S/C16H23F2N3/c1-2-5-19-16(13-4-3-12(17)10-14(13)18)15-11-20-6-8-21(15)9-7-20/h3-4,10,15-16,19H,2,5-9,11H2,1H3. The van der Waals surface area contributed by atoms with Crippen LogP contribution in [-0.4, -0.2) is 55.1 Å². The van der Waals surface area contributed by atoms with E-state index in [1.807, 2.05) is 0 Å². The van der Waals surface area contributed by atoms with Crippen LogP contribution in [0.5, 0.6) is 0 Å². The molecule has 1 aromatic carbocycles. The molecule has 5 heteroatoms. The second-order valence-electron chi connectivity index (χ2n) is 6.00. The number of nitrogens with one attached hydrogen (secondary N) is 1. The van der Waals surface area contributed by atoms with Crippen molar-refractivity contribution in [2.24, 2.45) is 0 Å². The van der Waals surface area contributed by atoms with Gasteiger partial charge in [-0.25, -0.2) is 8.78 Å². The highest BCUT2D eigenvalue weighted by Crippen LogP contribution is 2.29. The SMILES string of the molecule is CCCNC(c1ccc(F)cc1F)C1CN2CCN1CC2. The van der Waals surface area contributed by atoms with E-state index in [0.717, 1.165) is 51.8 Å². The van der Waals surface area contributed by atoms with Crippen LogP contribution >= 0.6 is 0 Å². The molecule has 3 nitrogen and oxygen atoms in total. The molecule has 2 bridgehead atoms. The number of hydrogen-bond donors (Lipinski definition) is 1. The normalized spacial score (nSPS) is 29.6. The Hall–Kier alpha value is -1.04. The van der Waals surface area contributed by atoms with Gasteiger partial charge in [0, 0.05) is 50.4 Å². The van der Waals surface area contributed by atoms with Gasteiger partial charge in [-0.15, -0.1) is 0 Å². The van der Waals surface area contributed by atoms with Gasteiger partial charge >= 0.3 is 0 Å². The van der Waals surface area contributed by atoms with Crippen molar-refractivity contribution in [2.75, 3.05) is 39.3 Å². The number of benzene rings is 1. The Balaban J connectivity index is 1.86. The van der Waals surface area contributed by atoms with Gasteiger partial charge in [0.15, 0.2) is 0 Å². The number of halogens is 2. The summed E-state index contributed by atoms with van der Waals surface area (Å²) in [6, 6.07) is 4.13. The van der Waals surface area contributed by atoms with Crippen molar-refractivity contribution in [2.45, 2.75) is 25.4 Å². The maximum absolute atomic E-state index is 14.2. The molecule has 2 unspecified atom stereocenters. The Kier molecular flexibility index (Phi) is 4.52. The smallest absolute Gasteiger partial charge is 0.130 e. The molecule has 0 spiro atoms. The molecule has 2 atom stereocenters. The molecule has 0 saturated carbocycles. The summed E-state index contributed by atoms with van der Waals surface area (Å²) in [5.74, 6) is -0.957. The Bertz CT molecular complexity index is 486. The third-order valence-electron chi connectivity index (χ3n) is 4.62. The number of nitrogens with zero attached hydrogens (tertiary/aromatic N) is 2. The van der Waals surface area contributed by atoms with E-state index in [1.54, 1.807) is 6.07 Å². The minimum atomic E-state index is -0.514. The second-order valence-corrected chi connectivity index (χ2v) is 6.00. The van der Waals surface area contributed by atoms with Gasteiger partial charge in [0.2, 0.25) is 0 Å². The third kappa shape index (κ3) is 3.10. The average Bonchev–Trinajstić information content (AvgIpc) is 2.50. The summed E-state index contributed by atoms with van der Waals surface area (Å²) in [7, 11) is 0. The Morgan fingerprint density at radius 1 is 1.24 bits per heavy atom. The zero-order valence-electron chi connectivity index (χ0n) is 12.5. The van der Waals surface area contributed by atoms with Crippen molar-refractivity contribution in [1.82, 2.24) is 15.1 Å². The summed E-state index contributed by atoms with van der Waals surface area (Å²) in [5, 5.41) is 3.47.